The van der Waals surface area contributed by atoms with E-state index in [4.69, 9.17) is 10.8 Å². The lowest BCUT2D eigenvalue weighted by molar-refractivity contribution is -0.138. The number of aliphatic carboxylic acids is 1. The molecular weight excluding hydrogens is 192 g/mol. The van der Waals surface area contributed by atoms with Crippen molar-refractivity contribution in [1.82, 2.24) is 5.32 Å². The highest BCUT2D eigenvalue weighted by Gasteiger charge is 2.11. The SMILES string of the molecule is CCCCC(CC)CNCC(N)C(=O)O. The van der Waals surface area contributed by atoms with Crippen molar-refractivity contribution >= 4 is 5.97 Å². The van der Waals surface area contributed by atoms with Crippen LogP contribution in [0.2, 0.25) is 0 Å². The van der Waals surface area contributed by atoms with Gasteiger partial charge < -0.3 is 16.2 Å². The van der Waals surface area contributed by atoms with Crippen LogP contribution in [0.3, 0.4) is 0 Å². The molecule has 0 bridgehead atoms. The first-order chi connectivity index (χ1) is 7.11. The van der Waals surface area contributed by atoms with E-state index in [2.05, 4.69) is 19.2 Å². The maximum atomic E-state index is 10.5. The van der Waals surface area contributed by atoms with Gasteiger partial charge in [0.05, 0.1) is 0 Å². The van der Waals surface area contributed by atoms with Crippen molar-refractivity contribution in [3.05, 3.63) is 0 Å². The molecule has 0 saturated heterocycles. The summed E-state index contributed by atoms with van der Waals surface area (Å²) in [4.78, 5) is 10.5. The van der Waals surface area contributed by atoms with Crippen molar-refractivity contribution in [3.8, 4) is 0 Å². The lowest BCUT2D eigenvalue weighted by atomic mass is 9.99. The van der Waals surface area contributed by atoms with Crippen LogP contribution in [0.4, 0.5) is 0 Å². The molecule has 0 amide bonds. The van der Waals surface area contributed by atoms with Crippen LogP contribution in [-0.4, -0.2) is 30.2 Å². The summed E-state index contributed by atoms with van der Waals surface area (Å²) in [5, 5.41) is 11.7. The highest BCUT2D eigenvalue weighted by atomic mass is 16.4. The van der Waals surface area contributed by atoms with Crippen LogP contribution in [0.15, 0.2) is 0 Å². The molecule has 0 heterocycles. The molecule has 4 N–H and O–H groups in total. The third-order valence-electron chi connectivity index (χ3n) is 2.66. The van der Waals surface area contributed by atoms with Gasteiger partial charge in [-0.1, -0.05) is 33.1 Å². The predicted octanol–water partition coefficient (Wildman–Crippen LogP) is 1.20. The number of hydrogen-bond acceptors (Lipinski definition) is 3. The molecule has 2 atom stereocenters. The molecule has 0 spiro atoms. The molecule has 0 radical (unpaired) electrons. The van der Waals surface area contributed by atoms with E-state index in [1.54, 1.807) is 0 Å². The standard InChI is InChI=1S/C11H24N2O2/c1-3-5-6-9(4-2)7-13-8-10(12)11(14)15/h9-10,13H,3-8,12H2,1-2H3,(H,14,15). The number of carboxylic acid groups (broad SMARTS) is 1. The van der Waals surface area contributed by atoms with Gasteiger partial charge in [-0.15, -0.1) is 0 Å². The third kappa shape index (κ3) is 7.33. The summed E-state index contributed by atoms with van der Waals surface area (Å²) >= 11 is 0. The topological polar surface area (TPSA) is 75.3 Å². The Morgan fingerprint density at radius 1 is 1.40 bits per heavy atom. The molecule has 0 aliphatic heterocycles. The maximum absolute atomic E-state index is 10.5. The fraction of sp³-hybridized carbons (Fsp3) is 0.909. The number of rotatable bonds is 9. The van der Waals surface area contributed by atoms with Crippen molar-refractivity contribution < 1.29 is 9.90 Å². The van der Waals surface area contributed by atoms with Gasteiger partial charge in [0.25, 0.3) is 0 Å². The Balaban J connectivity index is 3.57. The predicted molar refractivity (Wildman–Crippen MR) is 61.8 cm³/mol. The number of carboxylic acids is 1. The third-order valence-corrected chi connectivity index (χ3v) is 2.66. The molecule has 2 unspecified atom stereocenters. The summed E-state index contributed by atoms with van der Waals surface area (Å²) in [7, 11) is 0. The van der Waals surface area contributed by atoms with E-state index >= 15 is 0 Å². The number of nitrogens with one attached hydrogen (secondary N) is 1. The molecule has 4 heteroatoms. The summed E-state index contributed by atoms with van der Waals surface area (Å²) in [6.45, 7) is 5.58. The summed E-state index contributed by atoms with van der Waals surface area (Å²) in [6.07, 6.45) is 4.80. The minimum absolute atomic E-state index is 0.359. The maximum Gasteiger partial charge on any atom is 0.321 e. The van der Waals surface area contributed by atoms with Crippen LogP contribution < -0.4 is 11.1 Å². The van der Waals surface area contributed by atoms with E-state index in [-0.39, 0.29) is 0 Å². The van der Waals surface area contributed by atoms with Crippen molar-refractivity contribution in [2.75, 3.05) is 13.1 Å². The van der Waals surface area contributed by atoms with Crippen molar-refractivity contribution in [2.45, 2.75) is 45.6 Å². The Bertz CT molecular complexity index is 174. The Kier molecular flexibility index (Phi) is 8.33. The van der Waals surface area contributed by atoms with E-state index in [0.717, 1.165) is 13.0 Å². The fourth-order valence-electron chi connectivity index (χ4n) is 1.47. The van der Waals surface area contributed by atoms with Gasteiger partial charge in [0.2, 0.25) is 0 Å². The number of carbonyl (C=O) groups is 1. The Morgan fingerprint density at radius 2 is 2.07 bits per heavy atom. The van der Waals surface area contributed by atoms with Gasteiger partial charge in [-0.2, -0.15) is 0 Å². The second kappa shape index (κ2) is 8.68. The highest BCUT2D eigenvalue weighted by Crippen LogP contribution is 2.10. The second-order valence-corrected chi connectivity index (χ2v) is 4.02. The summed E-state index contributed by atoms with van der Waals surface area (Å²) in [6, 6.07) is -0.784. The van der Waals surface area contributed by atoms with Gasteiger partial charge in [0.15, 0.2) is 0 Å². The van der Waals surface area contributed by atoms with Crippen molar-refractivity contribution in [3.63, 3.8) is 0 Å². The largest absolute Gasteiger partial charge is 0.480 e. The van der Waals surface area contributed by atoms with Crippen LogP contribution in [-0.2, 0) is 4.79 Å². The van der Waals surface area contributed by atoms with Gasteiger partial charge in [0, 0.05) is 6.54 Å². The normalized spacial score (nSPS) is 14.9. The Morgan fingerprint density at radius 3 is 2.53 bits per heavy atom. The van der Waals surface area contributed by atoms with Gasteiger partial charge in [-0.05, 0) is 18.9 Å². The second-order valence-electron chi connectivity index (χ2n) is 4.02. The van der Waals surface area contributed by atoms with Gasteiger partial charge in [0.1, 0.15) is 6.04 Å². The number of unbranched alkanes of at least 4 members (excludes halogenated alkanes) is 1. The van der Waals surface area contributed by atoms with Crippen LogP contribution in [0.1, 0.15) is 39.5 Å². The molecule has 4 nitrogen and oxygen atoms in total. The monoisotopic (exact) mass is 216 g/mol. The molecule has 0 aliphatic rings. The summed E-state index contributed by atoms with van der Waals surface area (Å²) < 4.78 is 0. The van der Waals surface area contributed by atoms with Gasteiger partial charge in [-0.25, -0.2) is 0 Å². The minimum atomic E-state index is -0.941. The first kappa shape index (κ1) is 14.4. The molecular formula is C11H24N2O2. The lowest BCUT2D eigenvalue weighted by Crippen LogP contribution is -2.41. The Labute approximate surface area is 92.2 Å². The molecule has 0 aromatic carbocycles. The summed E-state index contributed by atoms with van der Waals surface area (Å²) in [5.41, 5.74) is 5.38. The van der Waals surface area contributed by atoms with E-state index < -0.39 is 12.0 Å². The van der Waals surface area contributed by atoms with Gasteiger partial charge in [-0.3, -0.25) is 4.79 Å². The lowest BCUT2D eigenvalue weighted by Gasteiger charge is -2.16. The van der Waals surface area contributed by atoms with Gasteiger partial charge >= 0.3 is 5.97 Å². The molecule has 90 valence electrons. The van der Waals surface area contributed by atoms with Crippen LogP contribution in [0, 0.1) is 5.92 Å². The number of hydrogen-bond donors (Lipinski definition) is 3. The fourth-order valence-corrected chi connectivity index (χ4v) is 1.47. The van der Waals surface area contributed by atoms with Crippen molar-refractivity contribution in [1.29, 1.82) is 0 Å². The zero-order chi connectivity index (χ0) is 11.7. The van der Waals surface area contributed by atoms with E-state index in [0.29, 0.717) is 12.5 Å². The first-order valence-corrected chi connectivity index (χ1v) is 5.80. The molecule has 0 aromatic heterocycles. The molecule has 0 fully saturated rings. The van der Waals surface area contributed by atoms with Crippen molar-refractivity contribution in [2.24, 2.45) is 11.7 Å². The zero-order valence-corrected chi connectivity index (χ0v) is 9.83. The minimum Gasteiger partial charge on any atom is -0.480 e. The van der Waals surface area contributed by atoms with E-state index in [1.807, 2.05) is 0 Å². The molecule has 0 rings (SSSR count). The summed E-state index contributed by atoms with van der Waals surface area (Å²) in [5.74, 6) is -0.296. The Hall–Kier alpha value is -0.610. The first-order valence-electron chi connectivity index (χ1n) is 5.80. The molecule has 0 saturated carbocycles. The van der Waals surface area contributed by atoms with Crippen LogP contribution in [0.25, 0.3) is 0 Å². The van der Waals surface area contributed by atoms with E-state index in [1.165, 1.54) is 19.3 Å². The average Bonchev–Trinajstić information content (AvgIpc) is 2.22. The highest BCUT2D eigenvalue weighted by molar-refractivity contribution is 5.73. The average molecular weight is 216 g/mol. The molecule has 15 heavy (non-hydrogen) atoms. The van der Waals surface area contributed by atoms with E-state index in [9.17, 15) is 4.79 Å². The molecule has 0 aliphatic carbocycles. The zero-order valence-electron chi connectivity index (χ0n) is 9.83. The number of nitrogens with two attached hydrogens (primary N) is 1. The van der Waals surface area contributed by atoms with Crippen LogP contribution in [0.5, 0.6) is 0 Å². The quantitative estimate of drug-likeness (QED) is 0.541. The smallest absolute Gasteiger partial charge is 0.321 e. The van der Waals surface area contributed by atoms with Crippen LogP contribution >= 0.6 is 0 Å². The molecule has 0 aromatic rings.